The SMILES string of the molecule is O=C(CN(Cc1ccc(Cl)cc1)S(=O)(=O)c1ccc(Cl)cc1)NCc1cccc2ccccc12. The van der Waals surface area contributed by atoms with Crippen LogP contribution in [0.4, 0.5) is 0 Å². The lowest BCUT2D eigenvalue weighted by Gasteiger charge is -2.22. The average Bonchev–Trinajstić information content (AvgIpc) is 2.84. The van der Waals surface area contributed by atoms with E-state index in [0.717, 1.165) is 20.6 Å². The summed E-state index contributed by atoms with van der Waals surface area (Å²) in [5.74, 6) is -0.403. The fourth-order valence-corrected chi connectivity index (χ4v) is 5.27. The fraction of sp³-hybridized carbons (Fsp3) is 0.115. The van der Waals surface area contributed by atoms with Crippen molar-refractivity contribution in [3.8, 4) is 0 Å². The third kappa shape index (κ3) is 5.77. The molecule has 0 aliphatic rings. The Morgan fingerprint density at radius 1 is 0.794 bits per heavy atom. The van der Waals surface area contributed by atoms with E-state index in [9.17, 15) is 13.2 Å². The molecule has 0 aliphatic heterocycles. The van der Waals surface area contributed by atoms with E-state index in [4.69, 9.17) is 23.2 Å². The zero-order valence-electron chi connectivity index (χ0n) is 18.1. The zero-order chi connectivity index (χ0) is 24.1. The van der Waals surface area contributed by atoms with Crippen LogP contribution in [0.1, 0.15) is 11.1 Å². The molecule has 0 saturated heterocycles. The van der Waals surface area contributed by atoms with Gasteiger partial charge in [-0.15, -0.1) is 0 Å². The van der Waals surface area contributed by atoms with Gasteiger partial charge in [-0.05, 0) is 58.3 Å². The molecule has 0 atom stereocenters. The van der Waals surface area contributed by atoms with Crippen molar-refractivity contribution in [2.45, 2.75) is 18.0 Å². The number of sulfonamides is 1. The quantitative estimate of drug-likeness (QED) is 0.331. The molecule has 34 heavy (non-hydrogen) atoms. The van der Waals surface area contributed by atoms with Crippen LogP contribution in [0.15, 0.2) is 95.9 Å². The molecule has 1 N–H and O–H groups in total. The number of nitrogens with one attached hydrogen (secondary N) is 1. The number of carbonyl (C=O) groups is 1. The number of benzene rings is 4. The van der Waals surface area contributed by atoms with Crippen molar-refractivity contribution < 1.29 is 13.2 Å². The largest absolute Gasteiger partial charge is 0.351 e. The molecule has 174 valence electrons. The number of hydrogen-bond acceptors (Lipinski definition) is 3. The van der Waals surface area contributed by atoms with Crippen molar-refractivity contribution in [3.63, 3.8) is 0 Å². The third-order valence-electron chi connectivity index (χ3n) is 5.40. The second-order valence-corrected chi connectivity index (χ2v) is 10.6. The number of fused-ring (bicyclic) bond motifs is 1. The molecule has 0 bridgehead atoms. The smallest absolute Gasteiger partial charge is 0.243 e. The Hall–Kier alpha value is -2.90. The van der Waals surface area contributed by atoms with Crippen LogP contribution in [0.25, 0.3) is 10.8 Å². The van der Waals surface area contributed by atoms with E-state index in [1.807, 2.05) is 42.5 Å². The van der Waals surface area contributed by atoms with Gasteiger partial charge in [0.05, 0.1) is 11.4 Å². The summed E-state index contributed by atoms with van der Waals surface area (Å²) >= 11 is 11.9. The molecule has 5 nitrogen and oxygen atoms in total. The van der Waals surface area contributed by atoms with Crippen molar-refractivity contribution in [2.75, 3.05) is 6.54 Å². The lowest BCUT2D eigenvalue weighted by atomic mass is 10.0. The Labute approximate surface area is 209 Å². The van der Waals surface area contributed by atoms with Gasteiger partial charge in [-0.3, -0.25) is 4.79 Å². The average molecular weight is 513 g/mol. The molecule has 4 aromatic carbocycles. The monoisotopic (exact) mass is 512 g/mol. The maximum atomic E-state index is 13.4. The lowest BCUT2D eigenvalue weighted by molar-refractivity contribution is -0.121. The van der Waals surface area contributed by atoms with Gasteiger partial charge in [0.1, 0.15) is 0 Å². The predicted octanol–water partition coefficient (Wildman–Crippen LogP) is 5.65. The highest BCUT2D eigenvalue weighted by atomic mass is 35.5. The number of amides is 1. The van der Waals surface area contributed by atoms with E-state index < -0.39 is 15.9 Å². The second kappa shape index (κ2) is 10.6. The minimum absolute atomic E-state index is 0.0177. The highest BCUT2D eigenvalue weighted by Gasteiger charge is 2.27. The summed E-state index contributed by atoms with van der Waals surface area (Å²) in [6.07, 6.45) is 0. The molecule has 0 fully saturated rings. The van der Waals surface area contributed by atoms with Gasteiger partial charge in [-0.2, -0.15) is 4.31 Å². The summed E-state index contributed by atoms with van der Waals surface area (Å²) in [5, 5.41) is 5.95. The molecule has 0 heterocycles. The first-order chi connectivity index (χ1) is 16.3. The Morgan fingerprint density at radius 2 is 1.41 bits per heavy atom. The standard InChI is InChI=1S/C26H22Cl2N2O3S/c27-22-10-8-19(9-11-22)17-30(34(32,33)24-14-12-23(28)13-15-24)18-26(31)29-16-21-6-3-5-20-4-1-2-7-25(20)21/h1-15H,16-18H2,(H,29,31). The van der Waals surface area contributed by atoms with E-state index in [2.05, 4.69) is 5.32 Å². The lowest BCUT2D eigenvalue weighted by Crippen LogP contribution is -2.40. The summed E-state index contributed by atoms with van der Waals surface area (Å²) in [7, 11) is -3.96. The first-order valence-corrected chi connectivity index (χ1v) is 12.8. The van der Waals surface area contributed by atoms with E-state index in [1.165, 1.54) is 24.3 Å². The number of rotatable bonds is 8. The summed E-state index contributed by atoms with van der Waals surface area (Å²) in [5.41, 5.74) is 1.67. The maximum Gasteiger partial charge on any atom is 0.243 e. The Bertz CT molecular complexity index is 1400. The van der Waals surface area contributed by atoms with Crippen molar-refractivity contribution in [2.24, 2.45) is 0 Å². The summed E-state index contributed by atoms with van der Waals surface area (Å²) in [6.45, 7) is -0.0296. The van der Waals surface area contributed by atoms with Crippen LogP contribution in [0, 0.1) is 0 Å². The van der Waals surface area contributed by atoms with Crippen molar-refractivity contribution in [1.82, 2.24) is 9.62 Å². The maximum absolute atomic E-state index is 13.4. The first-order valence-electron chi connectivity index (χ1n) is 10.6. The van der Waals surface area contributed by atoms with E-state index in [1.54, 1.807) is 24.3 Å². The normalized spacial score (nSPS) is 11.6. The molecule has 1 amide bonds. The number of nitrogens with zero attached hydrogens (tertiary/aromatic N) is 1. The summed E-state index contributed by atoms with van der Waals surface area (Å²) in [4.78, 5) is 12.9. The molecular weight excluding hydrogens is 491 g/mol. The summed E-state index contributed by atoms with van der Waals surface area (Å²) in [6, 6.07) is 26.5. The van der Waals surface area contributed by atoms with E-state index in [0.29, 0.717) is 15.6 Å². The van der Waals surface area contributed by atoms with Gasteiger partial charge in [0.2, 0.25) is 15.9 Å². The molecule has 0 spiro atoms. The van der Waals surface area contributed by atoms with Crippen LogP contribution >= 0.6 is 23.2 Å². The van der Waals surface area contributed by atoms with Gasteiger partial charge in [-0.1, -0.05) is 77.8 Å². The molecule has 0 aliphatic carbocycles. The highest BCUT2D eigenvalue weighted by Crippen LogP contribution is 2.22. The van der Waals surface area contributed by atoms with Crippen LogP contribution in [-0.2, 0) is 27.9 Å². The van der Waals surface area contributed by atoms with E-state index >= 15 is 0 Å². The Balaban J connectivity index is 1.55. The van der Waals surface area contributed by atoms with Crippen LogP contribution in [0.2, 0.25) is 10.0 Å². The molecule has 0 saturated carbocycles. The van der Waals surface area contributed by atoms with Crippen LogP contribution < -0.4 is 5.32 Å². The van der Waals surface area contributed by atoms with Crippen molar-refractivity contribution >= 4 is 49.9 Å². The van der Waals surface area contributed by atoms with Crippen LogP contribution in [0.5, 0.6) is 0 Å². The number of carbonyl (C=O) groups excluding carboxylic acids is 1. The van der Waals surface area contributed by atoms with Gasteiger partial charge < -0.3 is 5.32 Å². The second-order valence-electron chi connectivity index (χ2n) is 7.77. The van der Waals surface area contributed by atoms with Gasteiger partial charge in [0.25, 0.3) is 0 Å². The highest BCUT2D eigenvalue weighted by molar-refractivity contribution is 7.89. The first kappa shape index (κ1) is 24.2. The molecule has 8 heteroatoms. The zero-order valence-corrected chi connectivity index (χ0v) is 20.4. The Morgan fingerprint density at radius 3 is 2.12 bits per heavy atom. The minimum Gasteiger partial charge on any atom is -0.351 e. The number of hydrogen-bond donors (Lipinski definition) is 1. The van der Waals surface area contributed by atoms with Crippen LogP contribution in [0.3, 0.4) is 0 Å². The molecule has 4 rings (SSSR count). The van der Waals surface area contributed by atoms with Gasteiger partial charge in [-0.25, -0.2) is 8.42 Å². The molecule has 0 unspecified atom stereocenters. The fourth-order valence-electron chi connectivity index (χ4n) is 3.63. The van der Waals surface area contributed by atoms with E-state index in [-0.39, 0.29) is 24.5 Å². The van der Waals surface area contributed by atoms with Crippen molar-refractivity contribution in [3.05, 3.63) is 112 Å². The molecule has 0 aromatic heterocycles. The predicted molar refractivity (Wildman–Crippen MR) is 136 cm³/mol. The Kier molecular flexibility index (Phi) is 7.54. The van der Waals surface area contributed by atoms with Gasteiger partial charge >= 0.3 is 0 Å². The van der Waals surface area contributed by atoms with Crippen molar-refractivity contribution in [1.29, 1.82) is 0 Å². The minimum atomic E-state index is -3.96. The van der Waals surface area contributed by atoms with Gasteiger partial charge in [0, 0.05) is 23.1 Å². The topological polar surface area (TPSA) is 66.5 Å². The molecule has 4 aromatic rings. The third-order valence-corrected chi connectivity index (χ3v) is 7.71. The van der Waals surface area contributed by atoms with Gasteiger partial charge in [0.15, 0.2) is 0 Å². The molecular formula is C26H22Cl2N2O3S. The summed E-state index contributed by atoms with van der Waals surface area (Å²) < 4.78 is 27.9. The number of halogens is 2. The molecule has 0 radical (unpaired) electrons. The van der Waals surface area contributed by atoms with Crippen LogP contribution in [-0.4, -0.2) is 25.2 Å².